The zero-order chi connectivity index (χ0) is 17.2. The number of anilines is 2. The van der Waals surface area contributed by atoms with E-state index in [1.807, 2.05) is 42.5 Å². The van der Waals surface area contributed by atoms with Gasteiger partial charge in [-0.3, -0.25) is 5.32 Å². The van der Waals surface area contributed by atoms with Crippen molar-refractivity contribution in [1.29, 1.82) is 0 Å². The van der Waals surface area contributed by atoms with Crippen LogP contribution < -0.4 is 14.8 Å². The molecule has 4 aromatic rings. The molecule has 0 radical (unpaired) electrons. The molecule has 126 valence electrons. The lowest BCUT2D eigenvalue weighted by Crippen LogP contribution is -1.88. The molecule has 0 aliphatic rings. The van der Waals surface area contributed by atoms with E-state index in [2.05, 4.69) is 20.5 Å². The monoisotopic (exact) mass is 354 g/mol. The van der Waals surface area contributed by atoms with E-state index in [0.717, 1.165) is 21.5 Å². The Morgan fingerprint density at radius 2 is 1.92 bits per heavy atom. The zero-order valence-corrected chi connectivity index (χ0v) is 14.3. The van der Waals surface area contributed by atoms with Gasteiger partial charge in [-0.05, 0) is 24.3 Å². The Kier molecular flexibility index (Phi) is 3.95. The first-order chi connectivity index (χ1) is 12.3. The molecular formula is C17H14N4O3S. The maximum absolute atomic E-state index is 5.69. The van der Waals surface area contributed by atoms with Crippen LogP contribution in [0, 0.1) is 0 Å². The third-order valence-electron chi connectivity index (χ3n) is 3.57. The minimum atomic E-state index is 0.270. The summed E-state index contributed by atoms with van der Waals surface area (Å²) in [6.07, 6.45) is 0. The van der Waals surface area contributed by atoms with E-state index in [1.54, 1.807) is 14.2 Å². The van der Waals surface area contributed by atoms with Crippen LogP contribution in [0.3, 0.4) is 0 Å². The molecule has 2 aromatic carbocycles. The van der Waals surface area contributed by atoms with Crippen molar-refractivity contribution in [2.24, 2.45) is 0 Å². The van der Waals surface area contributed by atoms with E-state index in [1.165, 1.54) is 11.3 Å². The first kappa shape index (κ1) is 15.4. The summed E-state index contributed by atoms with van der Waals surface area (Å²) in [6, 6.07) is 13.5. The number of hydrogen-bond donors (Lipinski definition) is 1. The summed E-state index contributed by atoms with van der Waals surface area (Å²) >= 11 is 1.49. The number of thiazole rings is 1. The van der Waals surface area contributed by atoms with Crippen molar-refractivity contribution in [2.75, 3.05) is 19.5 Å². The van der Waals surface area contributed by atoms with Crippen molar-refractivity contribution in [3.63, 3.8) is 0 Å². The van der Waals surface area contributed by atoms with Crippen molar-refractivity contribution in [3.05, 3.63) is 42.5 Å². The second kappa shape index (κ2) is 6.40. The number of aromatic nitrogens is 3. The zero-order valence-electron chi connectivity index (χ0n) is 13.5. The fourth-order valence-corrected chi connectivity index (χ4v) is 3.22. The predicted molar refractivity (Wildman–Crippen MR) is 95.7 cm³/mol. The van der Waals surface area contributed by atoms with Gasteiger partial charge in [-0.2, -0.15) is 0 Å². The van der Waals surface area contributed by atoms with Crippen molar-refractivity contribution >= 4 is 32.7 Å². The van der Waals surface area contributed by atoms with Gasteiger partial charge in [-0.25, -0.2) is 4.98 Å². The summed E-state index contributed by atoms with van der Waals surface area (Å²) in [5, 5.41) is 11.8. The van der Waals surface area contributed by atoms with Crippen molar-refractivity contribution in [3.8, 4) is 23.0 Å². The van der Waals surface area contributed by atoms with Gasteiger partial charge < -0.3 is 13.9 Å². The van der Waals surface area contributed by atoms with Gasteiger partial charge in [0.2, 0.25) is 0 Å². The maximum Gasteiger partial charge on any atom is 0.322 e. The normalized spacial score (nSPS) is 10.8. The van der Waals surface area contributed by atoms with Crippen LogP contribution in [0.1, 0.15) is 0 Å². The van der Waals surface area contributed by atoms with Crippen LogP contribution in [0.5, 0.6) is 11.5 Å². The van der Waals surface area contributed by atoms with Gasteiger partial charge in [-0.15, -0.1) is 5.10 Å². The third-order valence-corrected chi connectivity index (χ3v) is 4.52. The molecule has 0 unspecified atom stereocenters. The Morgan fingerprint density at radius 3 is 2.76 bits per heavy atom. The Balaban J connectivity index is 1.61. The number of nitrogens with zero attached hydrogens (tertiary/aromatic N) is 3. The Morgan fingerprint density at radius 1 is 1.04 bits per heavy atom. The number of ether oxygens (including phenoxy) is 2. The fourth-order valence-electron chi connectivity index (χ4n) is 2.38. The van der Waals surface area contributed by atoms with Crippen LogP contribution in [0.4, 0.5) is 11.1 Å². The molecule has 0 saturated heterocycles. The Labute approximate surface area is 147 Å². The summed E-state index contributed by atoms with van der Waals surface area (Å²) < 4.78 is 17.3. The van der Waals surface area contributed by atoms with Crippen LogP contribution >= 0.6 is 11.3 Å². The molecule has 0 aliphatic heterocycles. The summed E-state index contributed by atoms with van der Waals surface area (Å²) in [6.45, 7) is 0. The maximum atomic E-state index is 5.69. The average Bonchev–Trinajstić information content (AvgIpc) is 3.27. The summed E-state index contributed by atoms with van der Waals surface area (Å²) in [7, 11) is 3.23. The van der Waals surface area contributed by atoms with E-state index in [-0.39, 0.29) is 6.01 Å². The lowest BCUT2D eigenvalue weighted by Gasteiger charge is -2.03. The molecule has 4 rings (SSSR count). The molecule has 0 fully saturated rings. The van der Waals surface area contributed by atoms with Crippen LogP contribution in [-0.2, 0) is 0 Å². The first-order valence-electron chi connectivity index (χ1n) is 7.45. The van der Waals surface area contributed by atoms with Crippen molar-refractivity contribution in [1.82, 2.24) is 15.2 Å². The highest BCUT2D eigenvalue weighted by Crippen LogP contribution is 2.32. The lowest BCUT2D eigenvalue weighted by atomic mass is 10.2. The van der Waals surface area contributed by atoms with Crippen molar-refractivity contribution < 1.29 is 13.9 Å². The minimum Gasteiger partial charge on any atom is -0.497 e. The molecule has 0 spiro atoms. The van der Waals surface area contributed by atoms with Gasteiger partial charge in [0.1, 0.15) is 11.5 Å². The summed E-state index contributed by atoms with van der Waals surface area (Å²) in [5.74, 6) is 1.81. The number of rotatable bonds is 5. The molecule has 0 bridgehead atoms. The molecule has 25 heavy (non-hydrogen) atoms. The second-order valence-corrected chi connectivity index (χ2v) is 6.12. The van der Waals surface area contributed by atoms with Crippen LogP contribution in [0.15, 0.2) is 46.9 Å². The van der Waals surface area contributed by atoms with Crippen molar-refractivity contribution in [2.45, 2.75) is 0 Å². The predicted octanol–water partition coefficient (Wildman–Crippen LogP) is 4.11. The molecule has 0 amide bonds. The van der Waals surface area contributed by atoms with Gasteiger partial charge in [0.05, 0.1) is 30.0 Å². The number of methoxy groups -OCH3 is 2. The van der Waals surface area contributed by atoms with E-state index in [9.17, 15) is 0 Å². The Bertz CT molecular complexity index is 1030. The standard InChI is InChI=1S/C17H14N4O3S/c1-22-10-7-8-14-12(9-10)18-17(25-14)19-16-21-20-15(24-16)11-5-3-4-6-13(11)23-2/h3-9H,1-2H3,(H,18,19,21). The first-order valence-corrected chi connectivity index (χ1v) is 8.27. The average molecular weight is 354 g/mol. The molecule has 7 nitrogen and oxygen atoms in total. The Hall–Kier alpha value is -3.13. The van der Waals surface area contributed by atoms with Crippen LogP contribution in [0.2, 0.25) is 0 Å². The minimum absolute atomic E-state index is 0.270. The smallest absolute Gasteiger partial charge is 0.322 e. The molecular weight excluding hydrogens is 340 g/mol. The van der Waals surface area contributed by atoms with E-state index in [0.29, 0.717) is 16.8 Å². The number of fused-ring (bicyclic) bond motifs is 1. The number of para-hydroxylation sites is 1. The molecule has 1 N–H and O–H groups in total. The SMILES string of the molecule is COc1ccc2sc(Nc3nnc(-c4ccccc4OC)o3)nc2c1. The molecule has 2 heterocycles. The molecule has 0 saturated carbocycles. The molecule has 2 aromatic heterocycles. The van der Waals surface area contributed by atoms with Gasteiger partial charge >= 0.3 is 6.01 Å². The molecule has 8 heteroatoms. The van der Waals surface area contributed by atoms with Gasteiger partial charge in [0.25, 0.3) is 5.89 Å². The molecule has 0 aliphatic carbocycles. The van der Waals surface area contributed by atoms with E-state index >= 15 is 0 Å². The highest BCUT2D eigenvalue weighted by atomic mass is 32.1. The summed E-state index contributed by atoms with van der Waals surface area (Å²) in [4.78, 5) is 4.51. The van der Waals surface area contributed by atoms with Crippen LogP contribution in [-0.4, -0.2) is 29.4 Å². The second-order valence-electron chi connectivity index (χ2n) is 5.09. The van der Waals surface area contributed by atoms with E-state index < -0.39 is 0 Å². The highest BCUT2D eigenvalue weighted by molar-refractivity contribution is 7.22. The fraction of sp³-hybridized carbons (Fsp3) is 0.118. The quantitative estimate of drug-likeness (QED) is 0.577. The van der Waals surface area contributed by atoms with Gasteiger partial charge in [0.15, 0.2) is 5.13 Å². The molecule has 0 atom stereocenters. The summed E-state index contributed by atoms with van der Waals surface area (Å²) in [5.41, 5.74) is 1.58. The highest BCUT2D eigenvalue weighted by Gasteiger charge is 2.14. The van der Waals surface area contributed by atoms with Crippen LogP contribution in [0.25, 0.3) is 21.7 Å². The lowest BCUT2D eigenvalue weighted by molar-refractivity contribution is 0.414. The van der Waals surface area contributed by atoms with E-state index in [4.69, 9.17) is 13.9 Å². The largest absolute Gasteiger partial charge is 0.497 e. The number of benzene rings is 2. The third kappa shape index (κ3) is 2.99. The number of nitrogens with one attached hydrogen (secondary N) is 1. The topological polar surface area (TPSA) is 82.3 Å². The van der Waals surface area contributed by atoms with Gasteiger partial charge in [-0.1, -0.05) is 28.6 Å². The van der Waals surface area contributed by atoms with Gasteiger partial charge in [0, 0.05) is 6.07 Å². The number of hydrogen-bond acceptors (Lipinski definition) is 8.